The first kappa shape index (κ1) is 9.87. The van der Waals surface area contributed by atoms with Crippen LogP contribution >= 0.6 is 11.6 Å². The highest BCUT2D eigenvalue weighted by Crippen LogP contribution is 2.29. The fraction of sp³-hybridized carbons (Fsp3) is 0.400. The summed E-state index contributed by atoms with van der Waals surface area (Å²) >= 11 is 5.53. The van der Waals surface area contributed by atoms with E-state index in [-0.39, 0.29) is 16.6 Å². The molecule has 0 bridgehead atoms. The average molecular weight is 218 g/mol. The summed E-state index contributed by atoms with van der Waals surface area (Å²) in [5.41, 5.74) is 0.118. The smallest absolute Gasteiger partial charge is 0.132 e. The molecule has 0 aliphatic carbocycles. The number of halogens is 3. The van der Waals surface area contributed by atoms with Gasteiger partial charge in [0.1, 0.15) is 11.6 Å². The van der Waals surface area contributed by atoms with Crippen molar-refractivity contribution in [3.05, 3.63) is 34.4 Å². The summed E-state index contributed by atoms with van der Waals surface area (Å²) in [6.45, 7) is 0.812. The molecule has 1 aliphatic rings. The molecule has 0 radical (unpaired) electrons. The number of nitrogens with one attached hydrogen (secondary N) is 1. The van der Waals surface area contributed by atoms with Crippen molar-refractivity contribution >= 4 is 11.6 Å². The van der Waals surface area contributed by atoms with Gasteiger partial charge in [0.25, 0.3) is 0 Å². The molecule has 0 spiro atoms. The largest absolute Gasteiger partial charge is 0.310 e. The fourth-order valence-corrected chi connectivity index (χ4v) is 2.01. The van der Waals surface area contributed by atoms with E-state index in [0.29, 0.717) is 0 Å². The van der Waals surface area contributed by atoms with E-state index >= 15 is 0 Å². The molecule has 1 saturated heterocycles. The van der Waals surface area contributed by atoms with E-state index in [1.807, 2.05) is 0 Å². The third-order valence-corrected chi connectivity index (χ3v) is 2.67. The minimum atomic E-state index is -0.561. The monoisotopic (exact) mass is 217 g/mol. The average Bonchev–Trinajstić information content (AvgIpc) is 2.54. The topological polar surface area (TPSA) is 12.0 Å². The van der Waals surface area contributed by atoms with Crippen LogP contribution in [-0.2, 0) is 0 Å². The standard InChI is InChI=1S/C10H10ClF2N/c11-6-4-7(12)10(8(13)5-6)9-2-1-3-14-9/h4-5,9,14H,1-3H2/t9-/m1/s1. The quantitative estimate of drug-likeness (QED) is 0.763. The number of benzene rings is 1. The fourth-order valence-electron chi connectivity index (χ4n) is 1.82. The predicted molar refractivity (Wildman–Crippen MR) is 51.3 cm³/mol. The molecule has 0 amide bonds. The molecule has 1 aromatic rings. The van der Waals surface area contributed by atoms with Crippen molar-refractivity contribution in [3.63, 3.8) is 0 Å². The van der Waals surface area contributed by atoms with Crippen LogP contribution in [0.15, 0.2) is 12.1 Å². The zero-order chi connectivity index (χ0) is 10.1. The molecule has 1 nitrogen and oxygen atoms in total. The van der Waals surface area contributed by atoms with Crippen LogP contribution in [0.3, 0.4) is 0 Å². The molecule has 76 valence electrons. The molecule has 1 aliphatic heterocycles. The summed E-state index contributed by atoms with van der Waals surface area (Å²) in [6, 6.07) is 2.10. The molecule has 2 rings (SSSR count). The van der Waals surface area contributed by atoms with Gasteiger partial charge in [0.05, 0.1) is 0 Å². The van der Waals surface area contributed by atoms with Crippen LogP contribution in [0.25, 0.3) is 0 Å². The Balaban J connectivity index is 2.40. The van der Waals surface area contributed by atoms with Gasteiger partial charge in [-0.2, -0.15) is 0 Å². The van der Waals surface area contributed by atoms with Gasteiger partial charge >= 0.3 is 0 Å². The Morgan fingerprint density at radius 3 is 2.43 bits per heavy atom. The van der Waals surface area contributed by atoms with Crippen LogP contribution in [0, 0.1) is 11.6 Å². The van der Waals surface area contributed by atoms with Crippen LogP contribution in [0.4, 0.5) is 8.78 Å². The molecule has 0 saturated carbocycles. The normalized spacial score (nSPS) is 21.5. The van der Waals surface area contributed by atoms with Gasteiger partial charge in [-0.1, -0.05) is 11.6 Å². The molecule has 14 heavy (non-hydrogen) atoms. The van der Waals surface area contributed by atoms with E-state index in [4.69, 9.17) is 11.6 Å². The van der Waals surface area contributed by atoms with Crippen molar-refractivity contribution in [3.8, 4) is 0 Å². The third-order valence-electron chi connectivity index (χ3n) is 2.45. The van der Waals surface area contributed by atoms with E-state index in [2.05, 4.69) is 5.32 Å². The van der Waals surface area contributed by atoms with Crippen molar-refractivity contribution in [1.29, 1.82) is 0 Å². The second-order valence-corrected chi connectivity index (χ2v) is 3.87. The summed E-state index contributed by atoms with van der Waals surface area (Å²) in [7, 11) is 0. The van der Waals surface area contributed by atoms with E-state index < -0.39 is 11.6 Å². The van der Waals surface area contributed by atoms with Crippen molar-refractivity contribution in [2.45, 2.75) is 18.9 Å². The van der Waals surface area contributed by atoms with Gasteiger partial charge < -0.3 is 5.32 Å². The summed E-state index contributed by atoms with van der Waals surface area (Å²) in [5, 5.41) is 3.15. The number of rotatable bonds is 1. The van der Waals surface area contributed by atoms with Crippen molar-refractivity contribution < 1.29 is 8.78 Å². The molecule has 1 aromatic carbocycles. The Kier molecular flexibility index (Phi) is 2.70. The Hall–Kier alpha value is -0.670. The molecule has 1 heterocycles. The molecule has 0 unspecified atom stereocenters. The van der Waals surface area contributed by atoms with Gasteiger partial charge in [-0.3, -0.25) is 0 Å². The maximum absolute atomic E-state index is 13.4. The van der Waals surface area contributed by atoms with Crippen LogP contribution < -0.4 is 5.32 Å². The highest BCUT2D eigenvalue weighted by Gasteiger charge is 2.23. The van der Waals surface area contributed by atoms with Gasteiger partial charge in [0.15, 0.2) is 0 Å². The Bertz CT molecular complexity index is 325. The van der Waals surface area contributed by atoms with E-state index in [1.165, 1.54) is 0 Å². The highest BCUT2D eigenvalue weighted by molar-refractivity contribution is 6.30. The predicted octanol–water partition coefficient (Wildman–Crippen LogP) is 3.04. The lowest BCUT2D eigenvalue weighted by Crippen LogP contribution is -2.16. The second-order valence-electron chi connectivity index (χ2n) is 3.43. The number of hydrogen-bond donors (Lipinski definition) is 1. The maximum atomic E-state index is 13.4. The van der Waals surface area contributed by atoms with Crippen LogP contribution in [-0.4, -0.2) is 6.54 Å². The zero-order valence-corrected chi connectivity index (χ0v) is 8.24. The van der Waals surface area contributed by atoms with Gasteiger partial charge in [0, 0.05) is 16.6 Å². The molecule has 1 N–H and O–H groups in total. The molecule has 4 heteroatoms. The minimum absolute atomic E-state index is 0.0988. The molecule has 1 fully saturated rings. The lowest BCUT2D eigenvalue weighted by molar-refractivity contribution is 0.507. The van der Waals surface area contributed by atoms with E-state index in [9.17, 15) is 8.78 Å². The lowest BCUT2D eigenvalue weighted by Gasteiger charge is -2.12. The molecular formula is C10H10ClF2N. The van der Waals surface area contributed by atoms with Gasteiger partial charge in [-0.25, -0.2) is 8.78 Å². The maximum Gasteiger partial charge on any atom is 0.132 e. The first-order chi connectivity index (χ1) is 6.68. The first-order valence-corrected chi connectivity index (χ1v) is 4.94. The Morgan fingerprint density at radius 2 is 1.93 bits per heavy atom. The third kappa shape index (κ3) is 1.74. The van der Waals surface area contributed by atoms with Crippen molar-refractivity contribution in [1.82, 2.24) is 5.32 Å². The van der Waals surface area contributed by atoms with Gasteiger partial charge in [-0.05, 0) is 31.5 Å². The summed E-state index contributed by atoms with van der Waals surface area (Å²) in [5.74, 6) is -1.12. The summed E-state index contributed by atoms with van der Waals surface area (Å²) in [4.78, 5) is 0. The first-order valence-electron chi connectivity index (χ1n) is 4.56. The van der Waals surface area contributed by atoms with Crippen LogP contribution in [0.2, 0.25) is 5.02 Å². The second kappa shape index (κ2) is 3.83. The van der Waals surface area contributed by atoms with Crippen molar-refractivity contribution in [2.24, 2.45) is 0 Å². The lowest BCUT2D eigenvalue weighted by atomic mass is 10.0. The Morgan fingerprint density at radius 1 is 1.29 bits per heavy atom. The SMILES string of the molecule is Fc1cc(Cl)cc(F)c1[C@H]1CCCN1. The van der Waals surface area contributed by atoms with E-state index in [0.717, 1.165) is 31.5 Å². The summed E-state index contributed by atoms with van der Waals surface area (Å²) in [6.07, 6.45) is 1.72. The zero-order valence-electron chi connectivity index (χ0n) is 7.49. The molecular weight excluding hydrogens is 208 g/mol. The van der Waals surface area contributed by atoms with E-state index in [1.54, 1.807) is 0 Å². The molecule has 1 atom stereocenters. The minimum Gasteiger partial charge on any atom is -0.310 e. The van der Waals surface area contributed by atoms with Crippen LogP contribution in [0.5, 0.6) is 0 Å². The Labute approximate surface area is 86.1 Å². The highest BCUT2D eigenvalue weighted by atomic mass is 35.5. The van der Waals surface area contributed by atoms with Crippen molar-refractivity contribution in [2.75, 3.05) is 6.54 Å². The van der Waals surface area contributed by atoms with Gasteiger partial charge in [-0.15, -0.1) is 0 Å². The summed E-state index contributed by atoms with van der Waals surface area (Å²) < 4.78 is 26.8. The number of hydrogen-bond acceptors (Lipinski definition) is 1. The van der Waals surface area contributed by atoms with Gasteiger partial charge in [0.2, 0.25) is 0 Å². The van der Waals surface area contributed by atoms with Crippen LogP contribution in [0.1, 0.15) is 24.4 Å². The molecule has 0 aromatic heterocycles.